The largest absolute Gasteiger partial charge is 0.119 e. The van der Waals surface area contributed by atoms with Crippen molar-refractivity contribution in [1.29, 1.82) is 0 Å². The van der Waals surface area contributed by atoms with E-state index in [-0.39, 0.29) is 5.38 Å². The van der Waals surface area contributed by atoms with Crippen molar-refractivity contribution in [2.24, 2.45) is 0 Å². The highest BCUT2D eigenvalue weighted by Crippen LogP contribution is 1.94. The molecule has 0 heterocycles. The molecule has 0 aromatic heterocycles. The van der Waals surface area contributed by atoms with Gasteiger partial charge in [-0.25, -0.2) is 0 Å². The first kappa shape index (κ1) is 5.85. The zero-order chi connectivity index (χ0) is 4.99. The molecule has 0 aliphatic rings. The molecule has 1 heteroatoms. The van der Waals surface area contributed by atoms with Gasteiger partial charge in [-0.1, -0.05) is 12.8 Å². The molecule has 1 atom stereocenters. The molecule has 0 aromatic carbocycles. The molecule has 6 heavy (non-hydrogen) atoms. The Hall–Kier alpha value is -0.150. The zero-order valence-electron chi connectivity index (χ0n) is 3.61. The molecule has 0 aliphatic carbocycles. The fraction of sp³-hybridized carbons (Fsp3) is 0.400. The van der Waals surface area contributed by atoms with Crippen LogP contribution in [0, 0.1) is 18.8 Å². The molecule has 0 amide bonds. The van der Waals surface area contributed by atoms with Crippen LogP contribution in [0.2, 0.25) is 0 Å². The van der Waals surface area contributed by atoms with E-state index < -0.39 is 0 Å². The standard InChI is InChI=1S/C5H6Cl/c1-3-5(6)4-2/h1,4-5H,2H3. The third kappa shape index (κ3) is 2.11. The second-order valence-corrected chi connectivity index (χ2v) is 1.37. The highest BCUT2D eigenvalue weighted by molar-refractivity contribution is 6.23. The number of hydrogen-bond acceptors (Lipinski definition) is 0. The number of hydrogen-bond donors (Lipinski definition) is 0. The predicted octanol–water partition coefficient (Wildman–Crippen LogP) is 1.45. The normalized spacial score (nSPS) is 12.8. The summed E-state index contributed by atoms with van der Waals surface area (Å²) >= 11 is 5.36. The zero-order valence-corrected chi connectivity index (χ0v) is 4.37. The monoisotopic (exact) mass is 101 g/mol. The molecule has 0 aliphatic heterocycles. The van der Waals surface area contributed by atoms with Crippen LogP contribution in [0.4, 0.5) is 0 Å². The fourth-order valence-corrected chi connectivity index (χ4v) is 0.0962. The molecule has 33 valence electrons. The lowest BCUT2D eigenvalue weighted by Gasteiger charge is -1.87. The minimum Gasteiger partial charge on any atom is -0.119 e. The van der Waals surface area contributed by atoms with Crippen LogP contribution in [0.3, 0.4) is 0 Å². The lowest BCUT2D eigenvalue weighted by molar-refractivity contribution is 1.26. The molecule has 1 radical (unpaired) electrons. The average molecular weight is 102 g/mol. The Morgan fingerprint density at radius 3 is 2.50 bits per heavy atom. The molecule has 0 N–H and O–H groups in total. The van der Waals surface area contributed by atoms with Gasteiger partial charge in [0.25, 0.3) is 0 Å². The number of rotatable bonds is 1. The second-order valence-electron chi connectivity index (χ2n) is 0.902. The molecule has 0 bridgehead atoms. The van der Waals surface area contributed by atoms with Crippen molar-refractivity contribution in [2.45, 2.75) is 12.3 Å². The third-order valence-electron chi connectivity index (χ3n) is 0.452. The molecule has 0 spiro atoms. The van der Waals surface area contributed by atoms with Crippen LogP contribution in [0.15, 0.2) is 0 Å². The maximum atomic E-state index is 5.36. The summed E-state index contributed by atoms with van der Waals surface area (Å²) in [5.41, 5.74) is 0. The maximum Gasteiger partial charge on any atom is 0.0969 e. The van der Waals surface area contributed by atoms with Crippen LogP contribution >= 0.6 is 11.6 Å². The van der Waals surface area contributed by atoms with E-state index in [2.05, 4.69) is 5.92 Å². The van der Waals surface area contributed by atoms with Crippen LogP contribution in [0.5, 0.6) is 0 Å². The Morgan fingerprint density at radius 1 is 2.00 bits per heavy atom. The van der Waals surface area contributed by atoms with Gasteiger partial charge in [-0.05, 0) is 6.42 Å². The number of halogens is 1. The van der Waals surface area contributed by atoms with Gasteiger partial charge in [-0.2, -0.15) is 0 Å². The average Bonchev–Trinajstić information content (AvgIpc) is 1.65. The van der Waals surface area contributed by atoms with Gasteiger partial charge in [-0.15, -0.1) is 18.0 Å². The minimum absolute atomic E-state index is 0.190. The Balaban J connectivity index is 3.04. The van der Waals surface area contributed by atoms with Crippen molar-refractivity contribution >= 4 is 11.6 Å². The van der Waals surface area contributed by atoms with E-state index in [0.29, 0.717) is 0 Å². The predicted molar refractivity (Wildman–Crippen MR) is 28.4 cm³/mol. The summed E-state index contributed by atoms with van der Waals surface area (Å²) in [6, 6.07) is 0. The first-order valence-corrected chi connectivity index (χ1v) is 2.14. The van der Waals surface area contributed by atoms with Crippen LogP contribution in [0.1, 0.15) is 6.92 Å². The van der Waals surface area contributed by atoms with Crippen molar-refractivity contribution in [3.8, 4) is 12.3 Å². The molecule has 0 saturated carbocycles. The summed E-state index contributed by atoms with van der Waals surface area (Å²) in [5, 5.41) is -0.190. The van der Waals surface area contributed by atoms with E-state index in [9.17, 15) is 0 Å². The minimum atomic E-state index is -0.190. The molecule has 0 fully saturated rings. The Kier molecular flexibility index (Phi) is 2.98. The van der Waals surface area contributed by atoms with Crippen LogP contribution in [0.25, 0.3) is 0 Å². The molecule has 0 rings (SSSR count). The van der Waals surface area contributed by atoms with Crippen LogP contribution in [-0.2, 0) is 0 Å². The summed E-state index contributed by atoms with van der Waals surface area (Å²) in [7, 11) is 0. The van der Waals surface area contributed by atoms with Gasteiger partial charge in [0.2, 0.25) is 0 Å². The topological polar surface area (TPSA) is 0 Å². The quantitative estimate of drug-likeness (QED) is 0.347. The van der Waals surface area contributed by atoms with E-state index in [1.165, 1.54) is 0 Å². The van der Waals surface area contributed by atoms with Gasteiger partial charge < -0.3 is 0 Å². The summed E-state index contributed by atoms with van der Waals surface area (Å²) < 4.78 is 0. The van der Waals surface area contributed by atoms with Gasteiger partial charge in [0.15, 0.2) is 0 Å². The SMILES string of the molecule is C#CC(Cl)[CH]C. The van der Waals surface area contributed by atoms with Gasteiger partial charge in [0.05, 0.1) is 5.38 Å². The molecular formula is C5H6Cl. The number of terminal acetylenes is 1. The first-order valence-electron chi connectivity index (χ1n) is 1.71. The molecule has 1 unspecified atom stereocenters. The summed E-state index contributed by atoms with van der Waals surface area (Å²) in [5.74, 6) is 2.32. The summed E-state index contributed by atoms with van der Waals surface area (Å²) in [6.45, 7) is 1.83. The lowest BCUT2D eigenvalue weighted by atomic mass is 10.3. The summed E-state index contributed by atoms with van der Waals surface area (Å²) in [6.07, 6.45) is 6.62. The van der Waals surface area contributed by atoms with E-state index in [0.717, 1.165) is 0 Å². The highest BCUT2D eigenvalue weighted by Gasteiger charge is 1.88. The second kappa shape index (κ2) is 3.06. The maximum absolute atomic E-state index is 5.36. The Bertz CT molecular complexity index is 60.8. The summed E-state index contributed by atoms with van der Waals surface area (Å²) in [4.78, 5) is 0. The molecule has 0 aromatic rings. The van der Waals surface area contributed by atoms with E-state index in [1.807, 2.05) is 6.92 Å². The van der Waals surface area contributed by atoms with Crippen LogP contribution in [-0.4, -0.2) is 5.38 Å². The first-order chi connectivity index (χ1) is 2.81. The lowest BCUT2D eigenvalue weighted by Crippen LogP contribution is -1.87. The molecule has 0 saturated heterocycles. The van der Waals surface area contributed by atoms with Crippen molar-refractivity contribution < 1.29 is 0 Å². The van der Waals surface area contributed by atoms with Gasteiger partial charge in [-0.3, -0.25) is 0 Å². The third-order valence-corrected chi connectivity index (χ3v) is 0.830. The Morgan fingerprint density at radius 2 is 2.50 bits per heavy atom. The smallest absolute Gasteiger partial charge is 0.0969 e. The van der Waals surface area contributed by atoms with Crippen molar-refractivity contribution in [1.82, 2.24) is 0 Å². The molecular weight excluding hydrogens is 95.5 g/mol. The van der Waals surface area contributed by atoms with Gasteiger partial charge in [0.1, 0.15) is 0 Å². The fourth-order valence-electron chi connectivity index (χ4n) is 0.0962. The van der Waals surface area contributed by atoms with E-state index in [4.69, 9.17) is 18.0 Å². The molecule has 0 nitrogen and oxygen atoms in total. The van der Waals surface area contributed by atoms with Crippen molar-refractivity contribution in [2.75, 3.05) is 0 Å². The van der Waals surface area contributed by atoms with Crippen molar-refractivity contribution in [3.05, 3.63) is 6.42 Å². The van der Waals surface area contributed by atoms with E-state index in [1.54, 1.807) is 6.42 Å². The van der Waals surface area contributed by atoms with Crippen molar-refractivity contribution in [3.63, 3.8) is 0 Å². The highest BCUT2D eigenvalue weighted by atomic mass is 35.5. The number of alkyl halides is 1. The van der Waals surface area contributed by atoms with Gasteiger partial charge >= 0.3 is 0 Å². The Labute approximate surface area is 43.5 Å². The van der Waals surface area contributed by atoms with Crippen LogP contribution < -0.4 is 0 Å². The van der Waals surface area contributed by atoms with E-state index >= 15 is 0 Å². The van der Waals surface area contributed by atoms with Gasteiger partial charge in [0, 0.05) is 0 Å².